The first kappa shape index (κ1) is 18.5. The number of benzene rings is 2. The zero-order valence-corrected chi connectivity index (χ0v) is 15.5. The predicted octanol–water partition coefficient (Wildman–Crippen LogP) is 3.90. The number of halogens is 1. The lowest BCUT2D eigenvalue weighted by Crippen LogP contribution is -2.52. The fourth-order valence-corrected chi connectivity index (χ4v) is 3.21. The van der Waals surface area contributed by atoms with Gasteiger partial charge in [-0.3, -0.25) is 0 Å². The molecule has 0 atom stereocenters. The first-order valence-corrected chi connectivity index (χ1v) is 9.05. The Morgan fingerprint density at radius 3 is 2.62 bits per heavy atom. The second-order valence-corrected chi connectivity index (χ2v) is 6.78. The maximum atomic E-state index is 11.8. The predicted molar refractivity (Wildman–Crippen MR) is 101 cm³/mol. The Balaban J connectivity index is 1.36. The second kappa shape index (κ2) is 8.92. The van der Waals surface area contributed by atoms with Gasteiger partial charge in [0.05, 0.1) is 7.11 Å². The smallest absolute Gasteiger partial charge is 0.407 e. The summed E-state index contributed by atoms with van der Waals surface area (Å²) in [7, 11) is 1.64. The number of methoxy groups -OCH3 is 1. The molecule has 1 amide bonds. The number of hydrogen-bond acceptors (Lipinski definition) is 4. The summed E-state index contributed by atoms with van der Waals surface area (Å²) in [6.45, 7) is 0.923. The van der Waals surface area contributed by atoms with Crippen LogP contribution in [0, 0.1) is 0 Å². The van der Waals surface area contributed by atoms with Crippen LogP contribution in [0.2, 0.25) is 5.02 Å². The van der Waals surface area contributed by atoms with Crippen LogP contribution in [0.5, 0.6) is 5.75 Å². The quantitative estimate of drug-likeness (QED) is 0.771. The maximum absolute atomic E-state index is 11.8. The van der Waals surface area contributed by atoms with Gasteiger partial charge in [-0.25, -0.2) is 4.79 Å². The van der Waals surface area contributed by atoms with Crippen LogP contribution in [0.15, 0.2) is 48.5 Å². The average molecular weight is 375 g/mol. The van der Waals surface area contributed by atoms with E-state index < -0.39 is 0 Å². The fraction of sp³-hybridized carbons (Fsp3) is 0.350. The molecule has 2 aromatic rings. The van der Waals surface area contributed by atoms with Gasteiger partial charge in [0.15, 0.2) is 0 Å². The molecule has 0 aliphatic heterocycles. The Labute approximate surface area is 158 Å². The molecule has 138 valence electrons. The van der Waals surface area contributed by atoms with Crippen LogP contribution in [0.25, 0.3) is 0 Å². The number of amides is 1. The van der Waals surface area contributed by atoms with Crippen molar-refractivity contribution in [2.75, 3.05) is 7.11 Å². The summed E-state index contributed by atoms with van der Waals surface area (Å²) in [5.41, 5.74) is 1.93. The summed E-state index contributed by atoms with van der Waals surface area (Å²) in [5, 5.41) is 7.04. The minimum atomic E-state index is -0.370. The molecule has 0 heterocycles. The van der Waals surface area contributed by atoms with Gasteiger partial charge in [-0.15, -0.1) is 0 Å². The largest absolute Gasteiger partial charge is 0.496 e. The summed E-state index contributed by atoms with van der Waals surface area (Å²) < 4.78 is 10.6. The van der Waals surface area contributed by atoms with Gasteiger partial charge in [0.2, 0.25) is 0 Å². The van der Waals surface area contributed by atoms with Crippen molar-refractivity contribution in [2.24, 2.45) is 0 Å². The highest BCUT2D eigenvalue weighted by molar-refractivity contribution is 6.31. The molecular weight excluding hydrogens is 352 g/mol. The van der Waals surface area contributed by atoms with Gasteiger partial charge in [0, 0.05) is 29.2 Å². The van der Waals surface area contributed by atoms with Crippen LogP contribution in [0.3, 0.4) is 0 Å². The first-order valence-electron chi connectivity index (χ1n) is 8.67. The fourth-order valence-electron chi connectivity index (χ4n) is 2.98. The topological polar surface area (TPSA) is 59.6 Å². The minimum absolute atomic E-state index is 0.143. The first-order chi connectivity index (χ1) is 12.7. The van der Waals surface area contributed by atoms with Gasteiger partial charge in [0.25, 0.3) is 0 Å². The van der Waals surface area contributed by atoms with Gasteiger partial charge in [-0.2, -0.15) is 0 Å². The Hall–Kier alpha value is -2.24. The van der Waals surface area contributed by atoms with E-state index in [0.717, 1.165) is 29.7 Å². The molecule has 3 rings (SSSR count). The molecule has 0 aromatic heterocycles. The Kier molecular flexibility index (Phi) is 6.36. The van der Waals surface area contributed by atoms with E-state index in [1.54, 1.807) is 7.11 Å². The van der Waals surface area contributed by atoms with E-state index in [1.807, 2.05) is 48.5 Å². The van der Waals surface area contributed by atoms with Crippen molar-refractivity contribution in [1.29, 1.82) is 0 Å². The molecule has 0 bridgehead atoms. The summed E-state index contributed by atoms with van der Waals surface area (Å²) in [5.74, 6) is 0.781. The molecule has 1 aliphatic carbocycles. The van der Waals surface area contributed by atoms with Crippen molar-refractivity contribution >= 4 is 17.7 Å². The zero-order chi connectivity index (χ0) is 18.4. The number of alkyl carbamates (subject to hydrolysis) is 1. The van der Waals surface area contributed by atoms with Gasteiger partial charge < -0.3 is 20.1 Å². The lowest BCUT2D eigenvalue weighted by molar-refractivity contribution is 0.125. The van der Waals surface area contributed by atoms with Crippen molar-refractivity contribution in [1.82, 2.24) is 10.6 Å². The SMILES string of the molecule is COc1cccc(Cl)c1CNC1CC(NC(=O)OCc2ccccc2)C1. The van der Waals surface area contributed by atoms with Gasteiger partial charge in [-0.05, 0) is 30.5 Å². The highest BCUT2D eigenvalue weighted by atomic mass is 35.5. The van der Waals surface area contributed by atoms with E-state index in [2.05, 4.69) is 10.6 Å². The van der Waals surface area contributed by atoms with E-state index in [0.29, 0.717) is 17.6 Å². The number of rotatable bonds is 7. The molecule has 6 heteroatoms. The third-order valence-corrected chi connectivity index (χ3v) is 4.89. The molecule has 0 saturated heterocycles. The van der Waals surface area contributed by atoms with Gasteiger partial charge in [0.1, 0.15) is 12.4 Å². The minimum Gasteiger partial charge on any atom is -0.496 e. The molecule has 0 spiro atoms. The number of nitrogens with one attached hydrogen (secondary N) is 2. The number of ether oxygens (including phenoxy) is 2. The molecule has 2 N–H and O–H groups in total. The van der Waals surface area contributed by atoms with Gasteiger partial charge in [-0.1, -0.05) is 48.0 Å². The second-order valence-electron chi connectivity index (χ2n) is 6.37. The number of hydrogen-bond donors (Lipinski definition) is 2. The van der Waals surface area contributed by atoms with E-state index >= 15 is 0 Å². The summed E-state index contributed by atoms with van der Waals surface area (Å²) in [6.07, 6.45) is 1.37. The lowest BCUT2D eigenvalue weighted by atomic mass is 9.86. The number of carbonyl (C=O) groups excluding carboxylic acids is 1. The standard InChI is InChI=1S/C20H23ClN2O3/c1-25-19-9-5-8-18(21)17(19)12-22-15-10-16(11-15)23-20(24)26-13-14-6-3-2-4-7-14/h2-9,15-16,22H,10-13H2,1H3,(H,23,24). The van der Waals surface area contributed by atoms with Crippen molar-refractivity contribution in [2.45, 2.75) is 38.1 Å². The van der Waals surface area contributed by atoms with Crippen molar-refractivity contribution in [3.8, 4) is 5.75 Å². The van der Waals surface area contributed by atoms with Crippen LogP contribution in [-0.4, -0.2) is 25.3 Å². The Morgan fingerprint density at radius 2 is 1.88 bits per heavy atom. The maximum Gasteiger partial charge on any atom is 0.407 e. The molecule has 1 fully saturated rings. The summed E-state index contributed by atoms with van der Waals surface area (Å²) >= 11 is 6.24. The van der Waals surface area contributed by atoms with Crippen LogP contribution in [-0.2, 0) is 17.9 Å². The molecule has 1 aliphatic rings. The lowest BCUT2D eigenvalue weighted by Gasteiger charge is -2.36. The van der Waals surface area contributed by atoms with Crippen LogP contribution >= 0.6 is 11.6 Å². The average Bonchev–Trinajstić information content (AvgIpc) is 2.63. The Bertz CT molecular complexity index is 733. The van der Waals surface area contributed by atoms with E-state index in [9.17, 15) is 4.79 Å². The summed E-state index contributed by atoms with van der Waals surface area (Å²) in [4.78, 5) is 11.8. The monoisotopic (exact) mass is 374 g/mol. The normalized spacial score (nSPS) is 18.7. The van der Waals surface area contributed by atoms with Crippen molar-refractivity contribution in [3.63, 3.8) is 0 Å². The highest BCUT2D eigenvalue weighted by Crippen LogP contribution is 2.27. The Morgan fingerprint density at radius 1 is 1.12 bits per heavy atom. The third-order valence-electron chi connectivity index (χ3n) is 4.54. The molecule has 2 aromatic carbocycles. The summed E-state index contributed by atoms with van der Waals surface area (Å²) in [6, 6.07) is 15.8. The number of carbonyl (C=O) groups is 1. The zero-order valence-electron chi connectivity index (χ0n) is 14.7. The molecule has 26 heavy (non-hydrogen) atoms. The van der Waals surface area contributed by atoms with Crippen molar-refractivity contribution < 1.29 is 14.3 Å². The van der Waals surface area contributed by atoms with E-state index in [1.165, 1.54) is 0 Å². The van der Waals surface area contributed by atoms with Crippen molar-refractivity contribution in [3.05, 3.63) is 64.7 Å². The van der Waals surface area contributed by atoms with Gasteiger partial charge >= 0.3 is 6.09 Å². The van der Waals surface area contributed by atoms with Crippen LogP contribution < -0.4 is 15.4 Å². The third kappa shape index (κ3) is 4.90. The van der Waals surface area contributed by atoms with E-state index in [4.69, 9.17) is 21.1 Å². The molecule has 0 radical (unpaired) electrons. The van der Waals surface area contributed by atoms with E-state index in [-0.39, 0.29) is 18.7 Å². The molecule has 1 saturated carbocycles. The van der Waals surface area contributed by atoms with Crippen LogP contribution in [0.4, 0.5) is 4.79 Å². The highest BCUT2D eigenvalue weighted by Gasteiger charge is 2.30. The molecular formula is C20H23ClN2O3. The molecule has 5 nitrogen and oxygen atoms in total. The van der Waals surface area contributed by atoms with Crippen LogP contribution in [0.1, 0.15) is 24.0 Å². The molecule has 0 unspecified atom stereocenters.